The third-order valence-electron chi connectivity index (χ3n) is 2.02. The van der Waals surface area contributed by atoms with Gasteiger partial charge in [-0.15, -0.1) is 17.9 Å². The number of carbonyl (C=O) groups excluding carboxylic acids is 1. The molecule has 0 aliphatic carbocycles. The molecule has 0 atom stereocenters. The molecular formula is C11H15NOS. The van der Waals surface area contributed by atoms with E-state index in [1.807, 2.05) is 6.08 Å². The molecule has 0 N–H and O–H groups in total. The van der Waals surface area contributed by atoms with Crippen LogP contribution in [0.15, 0.2) is 24.4 Å². The van der Waals surface area contributed by atoms with Crippen LogP contribution in [-0.2, 0) is 0 Å². The molecule has 14 heavy (non-hydrogen) atoms. The molecule has 0 radical (unpaired) electrons. The number of aromatic nitrogens is 1. The Morgan fingerprint density at radius 2 is 2.36 bits per heavy atom. The van der Waals surface area contributed by atoms with E-state index in [4.69, 9.17) is 0 Å². The van der Waals surface area contributed by atoms with Gasteiger partial charge in [-0.3, -0.25) is 9.78 Å². The van der Waals surface area contributed by atoms with Gasteiger partial charge in [-0.2, -0.15) is 0 Å². The Balaban J connectivity index is 2.13. The van der Waals surface area contributed by atoms with Crippen molar-refractivity contribution in [3.8, 4) is 0 Å². The average Bonchev–Trinajstić information content (AvgIpc) is 2.70. The molecule has 2 nitrogen and oxygen atoms in total. The fourth-order valence-corrected chi connectivity index (χ4v) is 1.82. The summed E-state index contributed by atoms with van der Waals surface area (Å²) in [6.07, 6.45) is 8.50. The van der Waals surface area contributed by atoms with Crippen molar-refractivity contribution in [3.63, 3.8) is 0 Å². The van der Waals surface area contributed by atoms with Crippen LogP contribution in [0.5, 0.6) is 0 Å². The van der Waals surface area contributed by atoms with E-state index >= 15 is 0 Å². The second-order valence-electron chi connectivity index (χ2n) is 3.18. The number of ketones is 1. The molecular weight excluding hydrogens is 194 g/mol. The Labute approximate surface area is 88.7 Å². The molecule has 0 unspecified atom stereocenters. The van der Waals surface area contributed by atoms with Crippen LogP contribution in [-0.4, -0.2) is 10.8 Å². The Morgan fingerprint density at radius 1 is 1.50 bits per heavy atom. The van der Waals surface area contributed by atoms with E-state index < -0.39 is 0 Å². The lowest BCUT2D eigenvalue weighted by atomic mass is 10.1. The molecule has 1 aromatic heterocycles. The molecule has 0 bridgehead atoms. The zero-order valence-electron chi connectivity index (χ0n) is 8.24. The standard InChI is InChI=1S/C11H15NOS/c1-2-3-4-5-6-7-10(13)11-8-12-9-14-11/h2,8-9H,1,3-7H2. The van der Waals surface area contributed by atoms with Crippen molar-refractivity contribution >= 4 is 17.1 Å². The smallest absolute Gasteiger partial charge is 0.174 e. The lowest BCUT2D eigenvalue weighted by Gasteiger charge is -1.97. The van der Waals surface area contributed by atoms with E-state index in [1.165, 1.54) is 11.3 Å². The lowest BCUT2D eigenvalue weighted by molar-refractivity contribution is 0.0983. The van der Waals surface area contributed by atoms with E-state index in [1.54, 1.807) is 11.7 Å². The van der Waals surface area contributed by atoms with Gasteiger partial charge in [0.15, 0.2) is 5.78 Å². The second kappa shape index (κ2) is 6.49. The van der Waals surface area contributed by atoms with Crippen molar-refractivity contribution < 1.29 is 4.79 Å². The Morgan fingerprint density at radius 3 is 3.00 bits per heavy atom. The maximum absolute atomic E-state index is 11.5. The summed E-state index contributed by atoms with van der Waals surface area (Å²) in [7, 11) is 0. The molecule has 0 aliphatic rings. The minimum atomic E-state index is 0.228. The molecule has 0 spiro atoms. The highest BCUT2D eigenvalue weighted by molar-refractivity contribution is 7.11. The van der Waals surface area contributed by atoms with Crippen molar-refractivity contribution in [2.75, 3.05) is 0 Å². The normalized spacial score (nSPS) is 10.0. The summed E-state index contributed by atoms with van der Waals surface area (Å²) in [5.41, 5.74) is 1.70. The molecule has 76 valence electrons. The average molecular weight is 209 g/mol. The van der Waals surface area contributed by atoms with Crippen LogP contribution < -0.4 is 0 Å². The van der Waals surface area contributed by atoms with E-state index in [-0.39, 0.29) is 5.78 Å². The van der Waals surface area contributed by atoms with Gasteiger partial charge in [-0.25, -0.2) is 0 Å². The first-order valence-corrected chi connectivity index (χ1v) is 5.75. The zero-order valence-corrected chi connectivity index (χ0v) is 9.05. The molecule has 0 saturated carbocycles. The maximum atomic E-state index is 11.5. The third kappa shape index (κ3) is 3.83. The van der Waals surface area contributed by atoms with Gasteiger partial charge in [0.1, 0.15) is 0 Å². The third-order valence-corrected chi connectivity index (χ3v) is 2.83. The number of Topliss-reactive ketones (excluding diaryl/α,β-unsaturated/α-hetero) is 1. The largest absolute Gasteiger partial charge is 0.293 e. The summed E-state index contributed by atoms with van der Waals surface area (Å²) in [6, 6.07) is 0. The fourth-order valence-electron chi connectivity index (χ4n) is 1.23. The monoisotopic (exact) mass is 209 g/mol. The Hall–Kier alpha value is -0.960. The second-order valence-corrected chi connectivity index (χ2v) is 4.06. The molecule has 0 amide bonds. The van der Waals surface area contributed by atoms with Crippen LogP contribution >= 0.6 is 11.3 Å². The van der Waals surface area contributed by atoms with Crippen molar-refractivity contribution in [2.45, 2.75) is 32.1 Å². The first-order chi connectivity index (χ1) is 6.84. The van der Waals surface area contributed by atoms with E-state index in [9.17, 15) is 4.79 Å². The quantitative estimate of drug-likeness (QED) is 0.391. The molecule has 3 heteroatoms. The van der Waals surface area contributed by atoms with Gasteiger partial charge >= 0.3 is 0 Å². The molecule has 0 aliphatic heterocycles. The highest BCUT2D eigenvalue weighted by atomic mass is 32.1. The highest BCUT2D eigenvalue weighted by Crippen LogP contribution is 2.12. The molecule has 0 aromatic carbocycles. The van der Waals surface area contributed by atoms with Crippen molar-refractivity contribution in [1.82, 2.24) is 4.98 Å². The minimum Gasteiger partial charge on any atom is -0.293 e. The van der Waals surface area contributed by atoms with Crippen molar-refractivity contribution in [3.05, 3.63) is 29.2 Å². The minimum absolute atomic E-state index is 0.228. The van der Waals surface area contributed by atoms with Gasteiger partial charge in [0, 0.05) is 12.6 Å². The van der Waals surface area contributed by atoms with Gasteiger partial charge in [-0.05, 0) is 19.3 Å². The predicted molar refractivity (Wildman–Crippen MR) is 59.7 cm³/mol. The summed E-state index contributed by atoms with van der Waals surface area (Å²) < 4.78 is 0. The summed E-state index contributed by atoms with van der Waals surface area (Å²) in [6.45, 7) is 3.66. The van der Waals surface area contributed by atoms with Crippen LogP contribution in [0, 0.1) is 0 Å². The van der Waals surface area contributed by atoms with Gasteiger partial charge in [0.25, 0.3) is 0 Å². The van der Waals surface area contributed by atoms with Crippen LogP contribution in [0.4, 0.5) is 0 Å². The van der Waals surface area contributed by atoms with Gasteiger partial charge < -0.3 is 0 Å². The highest BCUT2D eigenvalue weighted by Gasteiger charge is 2.05. The fraction of sp³-hybridized carbons (Fsp3) is 0.455. The predicted octanol–water partition coefficient (Wildman–Crippen LogP) is 3.46. The summed E-state index contributed by atoms with van der Waals surface area (Å²) in [4.78, 5) is 16.2. The maximum Gasteiger partial charge on any atom is 0.174 e. The van der Waals surface area contributed by atoms with Gasteiger partial charge in [0.2, 0.25) is 0 Å². The lowest BCUT2D eigenvalue weighted by Crippen LogP contribution is -1.95. The molecule has 1 aromatic rings. The van der Waals surface area contributed by atoms with Crippen molar-refractivity contribution in [2.24, 2.45) is 0 Å². The van der Waals surface area contributed by atoms with Crippen LogP contribution in [0.25, 0.3) is 0 Å². The van der Waals surface area contributed by atoms with Crippen LogP contribution in [0.3, 0.4) is 0 Å². The van der Waals surface area contributed by atoms with E-state index in [0.717, 1.165) is 30.6 Å². The SMILES string of the molecule is C=CCCCCCC(=O)c1cncs1. The molecule has 1 heterocycles. The summed E-state index contributed by atoms with van der Waals surface area (Å²) in [5, 5.41) is 0. The van der Waals surface area contributed by atoms with Gasteiger partial charge in [-0.1, -0.05) is 12.5 Å². The number of thiazole rings is 1. The first-order valence-electron chi connectivity index (χ1n) is 4.87. The number of allylic oxidation sites excluding steroid dienone is 1. The molecule has 0 fully saturated rings. The van der Waals surface area contributed by atoms with E-state index in [2.05, 4.69) is 11.6 Å². The van der Waals surface area contributed by atoms with Crippen LogP contribution in [0.1, 0.15) is 41.8 Å². The van der Waals surface area contributed by atoms with Gasteiger partial charge in [0.05, 0.1) is 10.4 Å². The number of hydrogen-bond donors (Lipinski definition) is 0. The number of nitrogens with zero attached hydrogens (tertiary/aromatic N) is 1. The Bertz CT molecular complexity index is 279. The number of unbranched alkanes of at least 4 members (excludes halogenated alkanes) is 3. The topological polar surface area (TPSA) is 30.0 Å². The molecule has 1 rings (SSSR count). The zero-order chi connectivity index (χ0) is 10.2. The number of hydrogen-bond acceptors (Lipinski definition) is 3. The first kappa shape index (κ1) is 11.1. The number of rotatable bonds is 7. The van der Waals surface area contributed by atoms with Crippen LogP contribution in [0.2, 0.25) is 0 Å². The van der Waals surface area contributed by atoms with Crippen molar-refractivity contribution in [1.29, 1.82) is 0 Å². The molecule has 0 saturated heterocycles. The summed E-state index contributed by atoms with van der Waals surface area (Å²) in [5.74, 6) is 0.228. The number of carbonyl (C=O) groups is 1. The Kier molecular flexibility index (Phi) is 5.15. The summed E-state index contributed by atoms with van der Waals surface area (Å²) >= 11 is 1.42. The van der Waals surface area contributed by atoms with E-state index in [0.29, 0.717) is 6.42 Å².